The van der Waals surface area contributed by atoms with Crippen molar-refractivity contribution < 1.29 is 18.3 Å². The molecule has 6 heteroatoms. The van der Waals surface area contributed by atoms with E-state index in [1.54, 1.807) is 6.07 Å². The van der Waals surface area contributed by atoms with Crippen molar-refractivity contribution in [2.75, 3.05) is 7.11 Å². The highest BCUT2D eigenvalue weighted by Gasteiger charge is 2.28. The number of ether oxygens (including phenoxy) is 1. The van der Waals surface area contributed by atoms with E-state index < -0.39 is 23.1 Å². The van der Waals surface area contributed by atoms with Crippen molar-refractivity contribution in [2.45, 2.75) is 25.9 Å². The van der Waals surface area contributed by atoms with Crippen LogP contribution in [0, 0.1) is 23.0 Å². The number of hydrogen-bond donors (Lipinski definition) is 1. The molecule has 0 aliphatic rings. The molecule has 0 fully saturated rings. The summed E-state index contributed by atoms with van der Waals surface area (Å²) in [7, 11) is 1.23. The molecule has 4 nitrogen and oxygen atoms in total. The van der Waals surface area contributed by atoms with Crippen LogP contribution in [-0.2, 0) is 16.1 Å². The highest BCUT2D eigenvalue weighted by molar-refractivity contribution is 5.79. The van der Waals surface area contributed by atoms with Crippen molar-refractivity contribution in [1.82, 2.24) is 5.32 Å². The van der Waals surface area contributed by atoms with E-state index in [1.807, 2.05) is 0 Å². The molecule has 1 aromatic carbocycles. The topological polar surface area (TPSA) is 62.1 Å². The highest BCUT2D eigenvalue weighted by atomic mass is 19.1. The van der Waals surface area contributed by atoms with E-state index in [4.69, 9.17) is 5.26 Å². The zero-order valence-electron chi connectivity index (χ0n) is 10.9. The van der Waals surface area contributed by atoms with Crippen LogP contribution in [-0.4, -0.2) is 18.6 Å². The third-order valence-corrected chi connectivity index (χ3v) is 2.67. The minimum atomic E-state index is -1.07. The molecule has 1 N–H and O–H groups in total. The Hall–Kier alpha value is -2.00. The summed E-state index contributed by atoms with van der Waals surface area (Å²) in [6.45, 7) is 2.89. The van der Waals surface area contributed by atoms with E-state index in [0.29, 0.717) is 0 Å². The summed E-state index contributed by atoms with van der Waals surface area (Å²) < 4.78 is 31.8. The molecule has 0 spiro atoms. The predicted molar refractivity (Wildman–Crippen MR) is 64.0 cm³/mol. The van der Waals surface area contributed by atoms with E-state index >= 15 is 0 Å². The van der Waals surface area contributed by atoms with Crippen LogP contribution in [0.25, 0.3) is 0 Å². The Bertz CT molecular complexity index is 513. The number of carbonyl (C=O) groups is 1. The summed E-state index contributed by atoms with van der Waals surface area (Å²) >= 11 is 0. The normalized spacial score (nSPS) is 10.9. The minimum absolute atomic E-state index is 0.0917. The van der Waals surface area contributed by atoms with E-state index in [-0.39, 0.29) is 17.7 Å². The molecule has 0 aliphatic carbocycles. The van der Waals surface area contributed by atoms with Gasteiger partial charge in [-0.15, -0.1) is 0 Å². The second kappa shape index (κ2) is 5.76. The van der Waals surface area contributed by atoms with Crippen LogP contribution in [0.3, 0.4) is 0 Å². The maximum absolute atomic E-state index is 13.6. The van der Waals surface area contributed by atoms with E-state index in [0.717, 1.165) is 12.1 Å². The van der Waals surface area contributed by atoms with Crippen molar-refractivity contribution in [3.63, 3.8) is 0 Å². The van der Waals surface area contributed by atoms with Gasteiger partial charge in [0.2, 0.25) is 0 Å². The van der Waals surface area contributed by atoms with Gasteiger partial charge >= 0.3 is 5.97 Å². The van der Waals surface area contributed by atoms with Gasteiger partial charge < -0.3 is 4.74 Å². The fourth-order valence-corrected chi connectivity index (χ4v) is 1.47. The number of nitrogens with one attached hydrogen (secondary N) is 1. The zero-order valence-corrected chi connectivity index (χ0v) is 10.9. The number of rotatable bonds is 4. The molecule has 1 rings (SSSR count). The Morgan fingerprint density at radius 2 is 1.95 bits per heavy atom. The summed E-state index contributed by atoms with van der Waals surface area (Å²) in [6, 6.07) is 3.56. The van der Waals surface area contributed by atoms with Crippen LogP contribution in [0.5, 0.6) is 0 Å². The molecule has 0 amide bonds. The number of methoxy groups -OCH3 is 1. The first-order valence-electron chi connectivity index (χ1n) is 5.53. The minimum Gasteiger partial charge on any atom is -0.468 e. The number of esters is 1. The number of nitrogens with zero attached hydrogens (tertiary/aromatic N) is 1. The van der Waals surface area contributed by atoms with Crippen LogP contribution < -0.4 is 5.32 Å². The molecule has 0 bridgehead atoms. The average Bonchev–Trinajstić information content (AvgIpc) is 2.36. The molecular formula is C13H14F2N2O2. The van der Waals surface area contributed by atoms with Crippen molar-refractivity contribution in [3.8, 4) is 6.07 Å². The van der Waals surface area contributed by atoms with Crippen molar-refractivity contribution in [3.05, 3.63) is 34.9 Å². The predicted octanol–water partition coefficient (Wildman–Crippen LogP) is 1.88. The van der Waals surface area contributed by atoms with Crippen LogP contribution >= 0.6 is 0 Å². The summed E-state index contributed by atoms with van der Waals surface area (Å²) in [4.78, 5) is 11.4. The molecular weight excluding hydrogens is 254 g/mol. The van der Waals surface area contributed by atoms with Gasteiger partial charge in [0.05, 0.1) is 18.7 Å². The molecule has 0 radical (unpaired) electrons. The Morgan fingerprint density at radius 3 is 2.37 bits per heavy atom. The van der Waals surface area contributed by atoms with Crippen molar-refractivity contribution in [2.24, 2.45) is 0 Å². The monoisotopic (exact) mass is 268 g/mol. The van der Waals surface area contributed by atoms with Gasteiger partial charge in [0, 0.05) is 12.1 Å². The molecule has 0 saturated carbocycles. The van der Waals surface area contributed by atoms with Crippen molar-refractivity contribution >= 4 is 5.97 Å². The van der Waals surface area contributed by atoms with Crippen molar-refractivity contribution in [1.29, 1.82) is 5.26 Å². The fourth-order valence-electron chi connectivity index (χ4n) is 1.47. The molecule has 0 heterocycles. The Labute approximate surface area is 110 Å². The molecule has 19 heavy (non-hydrogen) atoms. The molecule has 0 atom stereocenters. The van der Waals surface area contributed by atoms with Gasteiger partial charge in [0.25, 0.3) is 0 Å². The maximum Gasteiger partial charge on any atom is 0.325 e. The van der Waals surface area contributed by atoms with Gasteiger partial charge in [0.1, 0.15) is 17.2 Å². The van der Waals surface area contributed by atoms with Crippen LogP contribution in [0.15, 0.2) is 12.1 Å². The number of benzene rings is 1. The number of nitriles is 1. The zero-order chi connectivity index (χ0) is 14.6. The highest BCUT2D eigenvalue weighted by Crippen LogP contribution is 2.16. The molecule has 102 valence electrons. The van der Waals surface area contributed by atoms with Crippen LogP contribution in [0.1, 0.15) is 25.0 Å². The SMILES string of the molecule is COC(=O)C(C)(C)NCc1c(F)cc(C#N)cc1F. The number of hydrogen-bond acceptors (Lipinski definition) is 4. The first kappa shape index (κ1) is 15.1. The molecule has 0 aromatic heterocycles. The number of carbonyl (C=O) groups excluding carboxylic acids is 1. The largest absolute Gasteiger partial charge is 0.468 e. The van der Waals surface area contributed by atoms with E-state index in [2.05, 4.69) is 10.1 Å². The van der Waals surface area contributed by atoms with Gasteiger partial charge in [-0.25, -0.2) is 8.78 Å². The van der Waals surface area contributed by atoms with E-state index in [1.165, 1.54) is 21.0 Å². The second-order valence-electron chi connectivity index (χ2n) is 4.50. The second-order valence-corrected chi connectivity index (χ2v) is 4.50. The Morgan fingerprint density at radius 1 is 1.42 bits per heavy atom. The lowest BCUT2D eigenvalue weighted by Crippen LogP contribution is -2.47. The lowest BCUT2D eigenvalue weighted by Gasteiger charge is -2.23. The van der Waals surface area contributed by atoms with Gasteiger partial charge in [-0.3, -0.25) is 10.1 Å². The maximum atomic E-state index is 13.6. The summed E-state index contributed by atoms with van der Waals surface area (Å²) in [5, 5.41) is 11.3. The third-order valence-electron chi connectivity index (χ3n) is 2.67. The average molecular weight is 268 g/mol. The van der Waals surface area contributed by atoms with Gasteiger partial charge in [-0.2, -0.15) is 5.26 Å². The van der Waals surface area contributed by atoms with Crippen LogP contribution in [0.2, 0.25) is 0 Å². The first-order chi connectivity index (χ1) is 8.81. The quantitative estimate of drug-likeness (QED) is 0.847. The third kappa shape index (κ3) is 3.48. The molecule has 0 saturated heterocycles. The van der Waals surface area contributed by atoms with Crippen LogP contribution in [0.4, 0.5) is 8.78 Å². The first-order valence-corrected chi connectivity index (χ1v) is 5.53. The Balaban J connectivity index is 2.91. The Kier molecular flexibility index (Phi) is 4.57. The number of halogens is 2. The lowest BCUT2D eigenvalue weighted by molar-refractivity contribution is -0.147. The standard InChI is InChI=1S/C13H14F2N2O2/c1-13(2,12(18)19-3)17-7-9-10(14)4-8(6-16)5-11(9)15/h4-5,17H,7H2,1-3H3. The molecule has 0 unspecified atom stereocenters. The summed E-state index contributed by atoms with van der Waals surface area (Å²) in [6.07, 6.45) is 0. The smallest absolute Gasteiger partial charge is 0.325 e. The molecule has 0 aliphatic heterocycles. The summed E-state index contributed by atoms with van der Waals surface area (Å²) in [5.74, 6) is -2.20. The lowest BCUT2D eigenvalue weighted by atomic mass is 10.0. The fraction of sp³-hybridized carbons (Fsp3) is 0.385. The van der Waals surface area contributed by atoms with Gasteiger partial charge in [-0.1, -0.05) is 0 Å². The van der Waals surface area contributed by atoms with Gasteiger partial charge in [-0.05, 0) is 26.0 Å². The molecule has 1 aromatic rings. The van der Waals surface area contributed by atoms with E-state index in [9.17, 15) is 13.6 Å². The summed E-state index contributed by atoms with van der Waals surface area (Å²) in [5.41, 5.74) is -1.39. The van der Waals surface area contributed by atoms with Gasteiger partial charge in [0.15, 0.2) is 0 Å².